The number of unbranched alkanes of at least 4 members (excludes halogenated alkanes) is 11. The van der Waals surface area contributed by atoms with E-state index in [1.165, 1.54) is 77.0 Å². The maximum atomic E-state index is 12.4. The summed E-state index contributed by atoms with van der Waals surface area (Å²) < 4.78 is 5.51. The number of nitrogens with zero attached hydrogens (tertiary/aromatic N) is 1. The molecule has 2 atom stereocenters. The molecule has 158 valence electrons. The molecule has 0 aliphatic carbocycles. The SMILES string of the molecule is CCCCCCCC/C=C\CCCCCCCC(=O)N1C(C)COCC1C. The number of rotatable bonds is 15. The number of hydrogen-bond donors (Lipinski definition) is 0. The summed E-state index contributed by atoms with van der Waals surface area (Å²) in [5.41, 5.74) is 0. The van der Waals surface area contributed by atoms with Crippen molar-refractivity contribution >= 4 is 5.91 Å². The van der Waals surface area contributed by atoms with Gasteiger partial charge < -0.3 is 9.64 Å². The maximum absolute atomic E-state index is 12.4. The molecule has 3 heteroatoms. The van der Waals surface area contributed by atoms with Crippen LogP contribution in [0.4, 0.5) is 0 Å². The molecule has 0 aromatic heterocycles. The standard InChI is InChI=1S/C24H45NO2/c1-4-5-6-7-8-9-10-11-12-13-14-15-16-17-18-19-24(26)25-22(2)20-27-21-23(25)3/h11-12,22-23H,4-10,13-21H2,1-3H3/b12-11-. The molecular weight excluding hydrogens is 334 g/mol. The number of morpholine rings is 1. The van der Waals surface area contributed by atoms with Crippen molar-refractivity contribution in [2.45, 2.75) is 123 Å². The van der Waals surface area contributed by atoms with E-state index in [1.807, 2.05) is 4.90 Å². The first-order chi connectivity index (χ1) is 13.2. The minimum Gasteiger partial charge on any atom is -0.377 e. The molecule has 1 fully saturated rings. The summed E-state index contributed by atoms with van der Waals surface area (Å²) in [5, 5.41) is 0. The van der Waals surface area contributed by atoms with Gasteiger partial charge in [-0.25, -0.2) is 0 Å². The van der Waals surface area contributed by atoms with Crippen LogP contribution in [0.3, 0.4) is 0 Å². The highest BCUT2D eigenvalue weighted by Gasteiger charge is 2.28. The summed E-state index contributed by atoms with van der Waals surface area (Å²) in [6, 6.07) is 0.453. The van der Waals surface area contributed by atoms with Crippen LogP contribution < -0.4 is 0 Å². The minimum atomic E-state index is 0.226. The van der Waals surface area contributed by atoms with Gasteiger partial charge in [0, 0.05) is 6.42 Å². The van der Waals surface area contributed by atoms with Crippen LogP contribution in [-0.4, -0.2) is 36.1 Å². The lowest BCUT2D eigenvalue weighted by Crippen LogP contribution is -2.52. The Balaban J connectivity index is 1.90. The average Bonchev–Trinajstić information content (AvgIpc) is 2.64. The third-order valence-electron chi connectivity index (χ3n) is 5.61. The van der Waals surface area contributed by atoms with Crippen LogP contribution >= 0.6 is 0 Å². The molecular formula is C24H45NO2. The van der Waals surface area contributed by atoms with Gasteiger partial charge in [-0.3, -0.25) is 4.79 Å². The molecule has 0 aromatic carbocycles. The zero-order valence-corrected chi connectivity index (χ0v) is 18.4. The minimum absolute atomic E-state index is 0.226. The Hall–Kier alpha value is -0.830. The van der Waals surface area contributed by atoms with Crippen molar-refractivity contribution < 1.29 is 9.53 Å². The molecule has 0 spiro atoms. The van der Waals surface area contributed by atoms with Crippen molar-refractivity contribution in [1.82, 2.24) is 4.90 Å². The van der Waals surface area contributed by atoms with Crippen molar-refractivity contribution in [3.63, 3.8) is 0 Å². The first-order valence-corrected chi connectivity index (χ1v) is 11.7. The molecule has 1 heterocycles. The summed E-state index contributed by atoms with van der Waals surface area (Å²) in [6.45, 7) is 7.82. The molecule has 0 saturated carbocycles. The normalized spacial score (nSPS) is 20.5. The average molecular weight is 380 g/mol. The van der Waals surface area contributed by atoms with Crippen molar-refractivity contribution in [2.75, 3.05) is 13.2 Å². The quantitative estimate of drug-likeness (QED) is 0.235. The molecule has 1 saturated heterocycles. The molecule has 2 unspecified atom stereocenters. The second-order valence-corrected chi connectivity index (χ2v) is 8.37. The van der Waals surface area contributed by atoms with E-state index in [2.05, 4.69) is 32.9 Å². The molecule has 1 rings (SSSR count). The number of carbonyl (C=O) groups is 1. The smallest absolute Gasteiger partial charge is 0.223 e. The third kappa shape index (κ3) is 11.6. The lowest BCUT2D eigenvalue weighted by Gasteiger charge is -2.38. The number of ether oxygens (including phenoxy) is 1. The molecule has 1 aliphatic heterocycles. The van der Waals surface area contributed by atoms with Crippen LogP contribution in [0.15, 0.2) is 12.2 Å². The number of carbonyl (C=O) groups excluding carboxylic acids is 1. The highest BCUT2D eigenvalue weighted by Crippen LogP contribution is 2.16. The fraction of sp³-hybridized carbons (Fsp3) is 0.875. The van der Waals surface area contributed by atoms with Gasteiger partial charge in [0.1, 0.15) is 0 Å². The molecule has 0 N–H and O–H groups in total. The summed E-state index contributed by atoms with van der Waals surface area (Å²) >= 11 is 0. The predicted octanol–water partition coefficient (Wildman–Crippen LogP) is 6.66. The van der Waals surface area contributed by atoms with Gasteiger partial charge >= 0.3 is 0 Å². The lowest BCUT2D eigenvalue weighted by molar-refractivity contribution is -0.144. The topological polar surface area (TPSA) is 29.5 Å². The number of allylic oxidation sites excluding steroid dienone is 2. The fourth-order valence-electron chi connectivity index (χ4n) is 3.97. The summed E-state index contributed by atoms with van der Waals surface area (Å²) in [7, 11) is 0. The Morgan fingerprint density at radius 3 is 1.85 bits per heavy atom. The lowest BCUT2D eigenvalue weighted by atomic mass is 10.1. The van der Waals surface area contributed by atoms with Gasteiger partial charge in [-0.05, 0) is 46.0 Å². The Bertz CT molecular complexity index is 384. The second-order valence-electron chi connectivity index (χ2n) is 8.37. The highest BCUT2D eigenvalue weighted by molar-refractivity contribution is 5.76. The van der Waals surface area contributed by atoms with Crippen LogP contribution in [0.1, 0.15) is 111 Å². The molecule has 27 heavy (non-hydrogen) atoms. The molecule has 1 amide bonds. The molecule has 1 aliphatic rings. The van der Waals surface area contributed by atoms with Crippen LogP contribution in [-0.2, 0) is 9.53 Å². The summed E-state index contributed by atoms with van der Waals surface area (Å²) in [4.78, 5) is 14.5. The molecule has 0 aromatic rings. The van der Waals surface area contributed by atoms with Crippen LogP contribution in [0.25, 0.3) is 0 Å². The first-order valence-electron chi connectivity index (χ1n) is 11.7. The van der Waals surface area contributed by atoms with Crippen LogP contribution in [0.5, 0.6) is 0 Å². The van der Waals surface area contributed by atoms with E-state index in [9.17, 15) is 4.79 Å². The van der Waals surface area contributed by atoms with Gasteiger partial charge in [0.25, 0.3) is 0 Å². The van der Waals surface area contributed by atoms with E-state index in [-0.39, 0.29) is 12.1 Å². The first kappa shape index (κ1) is 24.2. The Labute approximate surface area is 168 Å². The van der Waals surface area contributed by atoms with E-state index in [4.69, 9.17) is 4.74 Å². The Kier molecular flexibility index (Phi) is 14.5. The van der Waals surface area contributed by atoms with Crippen molar-refractivity contribution in [3.8, 4) is 0 Å². The van der Waals surface area contributed by atoms with Gasteiger partial charge in [-0.2, -0.15) is 0 Å². The Morgan fingerprint density at radius 2 is 1.30 bits per heavy atom. The van der Waals surface area contributed by atoms with E-state index < -0.39 is 0 Å². The van der Waals surface area contributed by atoms with Crippen LogP contribution in [0.2, 0.25) is 0 Å². The number of hydrogen-bond acceptors (Lipinski definition) is 2. The van der Waals surface area contributed by atoms with Gasteiger partial charge in [-0.15, -0.1) is 0 Å². The van der Waals surface area contributed by atoms with E-state index in [0.29, 0.717) is 25.5 Å². The van der Waals surface area contributed by atoms with Gasteiger partial charge in [0.05, 0.1) is 25.3 Å². The highest BCUT2D eigenvalue weighted by atomic mass is 16.5. The van der Waals surface area contributed by atoms with Gasteiger partial charge in [0.15, 0.2) is 0 Å². The third-order valence-corrected chi connectivity index (χ3v) is 5.61. The van der Waals surface area contributed by atoms with Crippen molar-refractivity contribution in [3.05, 3.63) is 12.2 Å². The van der Waals surface area contributed by atoms with E-state index in [1.54, 1.807) is 0 Å². The van der Waals surface area contributed by atoms with Gasteiger partial charge in [0.2, 0.25) is 5.91 Å². The van der Waals surface area contributed by atoms with Crippen molar-refractivity contribution in [1.29, 1.82) is 0 Å². The zero-order valence-electron chi connectivity index (χ0n) is 18.4. The number of amides is 1. The zero-order chi connectivity index (χ0) is 19.7. The summed E-state index contributed by atoms with van der Waals surface area (Å²) in [6.07, 6.45) is 22.3. The van der Waals surface area contributed by atoms with Gasteiger partial charge in [-0.1, -0.05) is 70.4 Å². The Morgan fingerprint density at radius 1 is 0.815 bits per heavy atom. The summed E-state index contributed by atoms with van der Waals surface area (Å²) in [5.74, 6) is 0.316. The second kappa shape index (κ2) is 16.2. The fourth-order valence-corrected chi connectivity index (χ4v) is 3.97. The molecule has 0 radical (unpaired) electrons. The van der Waals surface area contributed by atoms with Crippen LogP contribution in [0, 0.1) is 0 Å². The molecule has 0 bridgehead atoms. The monoisotopic (exact) mass is 379 g/mol. The van der Waals surface area contributed by atoms with E-state index >= 15 is 0 Å². The largest absolute Gasteiger partial charge is 0.377 e. The maximum Gasteiger partial charge on any atom is 0.223 e. The van der Waals surface area contributed by atoms with Crippen molar-refractivity contribution in [2.24, 2.45) is 0 Å². The van der Waals surface area contributed by atoms with E-state index in [0.717, 1.165) is 6.42 Å². The molecule has 3 nitrogen and oxygen atoms in total. The predicted molar refractivity (Wildman–Crippen MR) is 116 cm³/mol.